The Labute approximate surface area is 108 Å². The monoisotopic (exact) mass is 244 g/mol. The summed E-state index contributed by atoms with van der Waals surface area (Å²) in [6.45, 7) is 5.85. The van der Waals surface area contributed by atoms with E-state index in [2.05, 4.69) is 36.3 Å². The zero-order valence-corrected chi connectivity index (χ0v) is 11.2. The van der Waals surface area contributed by atoms with Gasteiger partial charge in [0.25, 0.3) is 0 Å². The molecule has 0 atom stereocenters. The third-order valence-corrected chi connectivity index (χ3v) is 2.76. The number of ether oxygens (including phenoxy) is 1. The van der Waals surface area contributed by atoms with Gasteiger partial charge in [-0.1, -0.05) is 26.0 Å². The van der Waals surface area contributed by atoms with E-state index in [0.29, 0.717) is 5.92 Å². The molecule has 0 bridgehead atoms. The lowest BCUT2D eigenvalue weighted by Crippen LogP contribution is -2.08. The Balaban J connectivity index is 2.40. The average molecular weight is 244 g/mol. The quantitative estimate of drug-likeness (QED) is 0.878. The van der Waals surface area contributed by atoms with Gasteiger partial charge in [-0.2, -0.15) is 0 Å². The Hall–Kier alpha value is -1.61. The molecule has 3 nitrogen and oxygen atoms in total. The first-order valence-electron chi connectivity index (χ1n) is 6.36. The molecule has 0 aliphatic rings. The lowest BCUT2D eigenvalue weighted by molar-refractivity contribution is 0.273. The minimum absolute atomic E-state index is 0.515. The summed E-state index contributed by atoms with van der Waals surface area (Å²) in [6, 6.07) is 8.19. The molecule has 0 spiro atoms. The van der Waals surface area contributed by atoms with Gasteiger partial charge in [0.15, 0.2) is 0 Å². The van der Waals surface area contributed by atoms with Crippen LogP contribution in [0.4, 0.5) is 0 Å². The molecule has 1 aromatic carbocycles. The molecule has 0 amide bonds. The Morgan fingerprint density at radius 2 is 2.11 bits per heavy atom. The van der Waals surface area contributed by atoms with Crippen molar-refractivity contribution < 1.29 is 4.74 Å². The summed E-state index contributed by atoms with van der Waals surface area (Å²) in [5.74, 6) is 1.39. The van der Waals surface area contributed by atoms with Crippen LogP contribution in [0.1, 0.15) is 19.4 Å². The average Bonchev–Trinajstić information content (AvgIpc) is 2.38. The van der Waals surface area contributed by atoms with Crippen LogP contribution in [0.2, 0.25) is 0 Å². The van der Waals surface area contributed by atoms with Crippen LogP contribution in [-0.2, 0) is 6.54 Å². The predicted octanol–water partition coefficient (Wildman–Crippen LogP) is 2.99. The summed E-state index contributed by atoms with van der Waals surface area (Å²) in [5, 5.41) is 4.34. The number of hydrogen-bond acceptors (Lipinski definition) is 3. The number of benzene rings is 1. The van der Waals surface area contributed by atoms with Crippen molar-refractivity contribution >= 4 is 10.9 Å². The van der Waals surface area contributed by atoms with Crippen LogP contribution in [-0.4, -0.2) is 18.6 Å². The number of rotatable bonds is 5. The maximum absolute atomic E-state index is 5.83. The molecule has 2 rings (SSSR count). The van der Waals surface area contributed by atoms with Gasteiger partial charge >= 0.3 is 0 Å². The van der Waals surface area contributed by atoms with Crippen molar-refractivity contribution in [2.75, 3.05) is 13.7 Å². The lowest BCUT2D eigenvalue weighted by Gasteiger charge is -2.13. The molecule has 0 saturated carbocycles. The number of aromatic nitrogens is 1. The summed E-state index contributed by atoms with van der Waals surface area (Å²) in [5.41, 5.74) is 2.20. The molecule has 18 heavy (non-hydrogen) atoms. The first kappa shape index (κ1) is 12.8. The van der Waals surface area contributed by atoms with Gasteiger partial charge < -0.3 is 10.1 Å². The lowest BCUT2D eigenvalue weighted by atomic mass is 10.1. The van der Waals surface area contributed by atoms with E-state index < -0.39 is 0 Å². The van der Waals surface area contributed by atoms with Crippen LogP contribution in [0.5, 0.6) is 5.75 Å². The van der Waals surface area contributed by atoms with Crippen LogP contribution in [0.15, 0.2) is 30.5 Å². The summed E-state index contributed by atoms with van der Waals surface area (Å²) in [4.78, 5) is 4.45. The third kappa shape index (κ3) is 2.79. The third-order valence-electron chi connectivity index (χ3n) is 2.76. The summed E-state index contributed by atoms with van der Waals surface area (Å²) in [6.07, 6.45) is 1.81. The molecule has 1 aromatic heterocycles. The maximum Gasteiger partial charge on any atom is 0.145 e. The Bertz CT molecular complexity index is 523. The Kier molecular flexibility index (Phi) is 4.15. The molecule has 2 aromatic rings. The molecule has 0 fully saturated rings. The van der Waals surface area contributed by atoms with E-state index >= 15 is 0 Å². The van der Waals surface area contributed by atoms with Crippen LogP contribution < -0.4 is 10.1 Å². The Morgan fingerprint density at radius 1 is 1.28 bits per heavy atom. The summed E-state index contributed by atoms with van der Waals surface area (Å²) in [7, 11) is 1.95. The standard InChI is InChI=1S/C15H20N2O/c1-11(2)10-18-14-7-6-12(9-16-3)13-5-4-8-17-15(13)14/h4-8,11,16H,9-10H2,1-3H3. The SMILES string of the molecule is CNCc1ccc(OCC(C)C)c2ncccc12. The van der Waals surface area contributed by atoms with Gasteiger partial charge in [0.05, 0.1) is 6.61 Å². The van der Waals surface area contributed by atoms with E-state index in [1.54, 1.807) is 0 Å². The van der Waals surface area contributed by atoms with E-state index in [9.17, 15) is 0 Å². The number of nitrogens with zero attached hydrogens (tertiary/aromatic N) is 1. The second-order valence-electron chi connectivity index (χ2n) is 4.86. The van der Waals surface area contributed by atoms with E-state index in [1.807, 2.05) is 25.4 Å². The molecule has 0 aliphatic carbocycles. The molecule has 96 valence electrons. The highest BCUT2D eigenvalue weighted by atomic mass is 16.5. The Morgan fingerprint density at radius 3 is 2.83 bits per heavy atom. The molecule has 1 N–H and O–H groups in total. The molecule has 3 heteroatoms. The molecular formula is C15H20N2O. The predicted molar refractivity (Wildman–Crippen MR) is 74.8 cm³/mol. The molecule has 0 unspecified atom stereocenters. The molecule has 0 radical (unpaired) electrons. The summed E-state index contributed by atoms with van der Waals surface area (Å²) >= 11 is 0. The van der Waals surface area contributed by atoms with Gasteiger partial charge in [0, 0.05) is 18.1 Å². The van der Waals surface area contributed by atoms with Crippen LogP contribution in [0.3, 0.4) is 0 Å². The largest absolute Gasteiger partial charge is 0.491 e. The fourth-order valence-corrected chi connectivity index (χ4v) is 1.92. The first-order valence-corrected chi connectivity index (χ1v) is 6.36. The van der Waals surface area contributed by atoms with E-state index in [4.69, 9.17) is 4.74 Å². The second-order valence-corrected chi connectivity index (χ2v) is 4.86. The molecule has 0 aliphatic heterocycles. The minimum atomic E-state index is 0.515. The van der Waals surface area contributed by atoms with Crippen molar-refractivity contribution in [3.63, 3.8) is 0 Å². The second kappa shape index (κ2) is 5.83. The van der Waals surface area contributed by atoms with Gasteiger partial charge in [0.2, 0.25) is 0 Å². The highest BCUT2D eigenvalue weighted by Crippen LogP contribution is 2.27. The molecule has 1 heterocycles. The normalized spacial score (nSPS) is 11.1. The van der Waals surface area contributed by atoms with E-state index in [1.165, 1.54) is 5.56 Å². The van der Waals surface area contributed by atoms with Crippen molar-refractivity contribution in [1.82, 2.24) is 10.3 Å². The zero-order chi connectivity index (χ0) is 13.0. The van der Waals surface area contributed by atoms with Crippen molar-refractivity contribution in [3.8, 4) is 5.75 Å². The smallest absolute Gasteiger partial charge is 0.145 e. The van der Waals surface area contributed by atoms with E-state index in [-0.39, 0.29) is 0 Å². The van der Waals surface area contributed by atoms with Gasteiger partial charge in [-0.05, 0) is 30.7 Å². The molecule has 0 saturated heterocycles. The number of pyridine rings is 1. The minimum Gasteiger partial charge on any atom is -0.491 e. The fourth-order valence-electron chi connectivity index (χ4n) is 1.92. The summed E-state index contributed by atoms with van der Waals surface area (Å²) < 4.78 is 5.83. The first-order chi connectivity index (χ1) is 8.72. The highest BCUT2D eigenvalue weighted by molar-refractivity contribution is 5.87. The number of hydrogen-bond donors (Lipinski definition) is 1. The zero-order valence-electron chi connectivity index (χ0n) is 11.2. The molecular weight excluding hydrogens is 224 g/mol. The van der Waals surface area contributed by atoms with Gasteiger partial charge in [0.1, 0.15) is 11.3 Å². The number of fused-ring (bicyclic) bond motifs is 1. The fraction of sp³-hybridized carbons (Fsp3) is 0.400. The van der Waals surface area contributed by atoms with Crippen molar-refractivity contribution in [2.45, 2.75) is 20.4 Å². The van der Waals surface area contributed by atoms with E-state index in [0.717, 1.165) is 29.8 Å². The van der Waals surface area contributed by atoms with Gasteiger partial charge in [-0.25, -0.2) is 0 Å². The van der Waals surface area contributed by atoms with Crippen molar-refractivity contribution in [2.24, 2.45) is 5.92 Å². The van der Waals surface area contributed by atoms with Crippen LogP contribution >= 0.6 is 0 Å². The van der Waals surface area contributed by atoms with Gasteiger partial charge in [-0.15, -0.1) is 0 Å². The van der Waals surface area contributed by atoms with Gasteiger partial charge in [-0.3, -0.25) is 4.98 Å². The van der Waals surface area contributed by atoms with Crippen molar-refractivity contribution in [1.29, 1.82) is 0 Å². The highest BCUT2D eigenvalue weighted by Gasteiger charge is 2.08. The maximum atomic E-state index is 5.83. The number of nitrogens with one attached hydrogen (secondary N) is 1. The van der Waals surface area contributed by atoms with Crippen molar-refractivity contribution in [3.05, 3.63) is 36.0 Å². The topological polar surface area (TPSA) is 34.1 Å². The van der Waals surface area contributed by atoms with Crippen LogP contribution in [0, 0.1) is 5.92 Å². The van der Waals surface area contributed by atoms with Crippen LogP contribution in [0.25, 0.3) is 10.9 Å².